The van der Waals surface area contributed by atoms with E-state index < -0.39 is 0 Å². The van der Waals surface area contributed by atoms with Crippen molar-refractivity contribution in [2.75, 3.05) is 23.7 Å². The van der Waals surface area contributed by atoms with E-state index in [1.54, 1.807) is 4.90 Å². The van der Waals surface area contributed by atoms with Crippen LogP contribution in [0.4, 0.5) is 5.69 Å². The molecule has 1 N–H and O–H groups in total. The standard InChI is InChI=1S/C28H34N2O2S2/c1-2-21-13-15-22(16-14-21)19-26-28(32)30(24-11-6-7-12-25(24)34-26)20-27(31)29-17-8-18-33-23-9-4-3-5-10-23/h6-7,11-16,19,23H,2-5,8-10,17-18,20H2,1H3,(H,29,31)/b26-19-. The number of anilines is 1. The number of hydrogen-bond acceptors (Lipinski definition) is 4. The van der Waals surface area contributed by atoms with Gasteiger partial charge >= 0.3 is 0 Å². The van der Waals surface area contributed by atoms with Crippen molar-refractivity contribution in [3.8, 4) is 0 Å². The lowest BCUT2D eigenvalue weighted by Crippen LogP contribution is -2.43. The summed E-state index contributed by atoms with van der Waals surface area (Å²) in [5, 5.41) is 3.82. The number of amides is 2. The smallest absolute Gasteiger partial charge is 0.265 e. The normalized spacial score (nSPS) is 17.6. The van der Waals surface area contributed by atoms with Crippen LogP contribution in [-0.4, -0.2) is 35.9 Å². The molecule has 2 aromatic rings. The Hall–Kier alpha value is -2.18. The Morgan fingerprint density at radius 1 is 1.12 bits per heavy atom. The molecular formula is C28H34N2O2S2. The van der Waals surface area contributed by atoms with Crippen molar-refractivity contribution in [2.24, 2.45) is 0 Å². The molecule has 6 heteroatoms. The summed E-state index contributed by atoms with van der Waals surface area (Å²) in [5.74, 6) is 0.854. The fourth-order valence-electron chi connectivity index (χ4n) is 4.40. The minimum Gasteiger partial charge on any atom is -0.355 e. The van der Waals surface area contributed by atoms with Gasteiger partial charge in [-0.2, -0.15) is 11.8 Å². The maximum atomic E-state index is 13.4. The van der Waals surface area contributed by atoms with E-state index in [4.69, 9.17) is 0 Å². The third kappa shape index (κ3) is 6.70. The molecule has 0 atom stereocenters. The van der Waals surface area contributed by atoms with Gasteiger partial charge in [-0.3, -0.25) is 14.5 Å². The van der Waals surface area contributed by atoms with Gasteiger partial charge in [0.05, 0.1) is 10.6 Å². The van der Waals surface area contributed by atoms with Gasteiger partial charge in [-0.25, -0.2) is 0 Å². The van der Waals surface area contributed by atoms with Crippen molar-refractivity contribution in [2.45, 2.75) is 62.0 Å². The first-order chi connectivity index (χ1) is 16.6. The number of benzene rings is 2. The fraction of sp³-hybridized carbons (Fsp3) is 0.429. The first kappa shape index (κ1) is 24.9. The number of fused-ring (bicyclic) bond motifs is 1. The molecule has 34 heavy (non-hydrogen) atoms. The van der Waals surface area contributed by atoms with Crippen LogP contribution in [-0.2, 0) is 16.0 Å². The Kier molecular flexibility index (Phi) is 9.17. The number of hydrogen-bond donors (Lipinski definition) is 1. The van der Waals surface area contributed by atoms with E-state index in [-0.39, 0.29) is 18.4 Å². The van der Waals surface area contributed by atoms with E-state index in [2.05, 4.69) is 36.1 Å². The first-order valence-corrected chi connectivity index (χ1v) is 14.3. The van der Waals surface area contributed by atoms with Crippen LogP contribution in [0, 0.1) is 0 Å². The Labute approximate surface area is 212 Å². The van der Waals surface area contributed by atoms with E-state index in [0.717, 1.165) is 40.0 Å². The molecule has 1 fully saturated rings. The number of nitrogens with one attached hydrogen (secondary N) is 1. The highest BCUT2D eigenvalue weighted by Gasteiger charge is 2.30. The van der Waals surface area contributed by atoms with Crippen LogP contribution >= 0.6 is 23.5 Å². The van der Waals surface area contributed by atoms with Gasteiger partial charge in [-0.1, -0.05) is 74.3 Å². The molecule has 2 aliphatic rings. The summed E-state index contributed by atoms with van der Waals surface area (Å²) >= 11 is 3.53. The molecule has 4 nitrogen and oxygen atoms in total. The van der Waals surface area contributed by atoms with Gasteiger partial charge < -0.3 is 5.32 Å². The summed E-state index contributed by atoms with van der Waals surface area (Å²) in [6, 6.07) is 16.1. The maximum Gasteiger partial charge on any atom is 0.265 e. The summed E-state index contributed by atoms with van der Waals surface area (Å²) in [7, 11) is 0. The minimum atomic E-state index is -0.119. The van der Waals surface area contributed by atoms with Crippen molar-refractivity contribution in [1.29, 1.82) is 0 Å². The van der Waals surface area contributed by atoms with E-state index in [1.165, 1.54) is 49.4 Å². The molecule has 1 saturated carbocycles. The second kappa shape index (κ2) is 12.5. The van der Waals surface area contributed by atoms with Gasteiger partial charge in [0.1, 0.15) is 6.54 Å². The lowest BCUT2D eigenvalue weighted by atomic mass is 10.0. The summed E-state index contributed by atoms with van der Waals surface area (Å²) in [5.41, 5.74) is 3.07. The molecule has 4 rings (SSSR count). The second-order valence-electron chi connectivity index (χ2n) is 8.90. The molecular weight excluding hydrogens is 460 g/mol. The molecule has 1 aliphatic carbocycles. The zero-order valence-corrected chi connectivity index (χ0v) is 21.6. The summed E-state index contributed by atoms with van der Waals surface area (Å²) in [4.78, 5) is 29.3. The highest BCUT2D eigenvalue weighted by atomic mass is 32.2. The van der Waals surface area contributed by atoms with Gasteiger partial charge in [0, 0.05) is 16.7 Å². The summed E-state index contributed by atoms with van der Waals surface area (Å²) in [6.45, 7) is 2.82. The SMILES string of the molecule is CCc1ccc(/C=C2\Sc3ccccc3N(CC(=O)NCCCSC3CCCCC3)C2=O)cc1. The van der Waals surface area contributed by atoms with Crippen LogP contribution in [0.1, 0.15) is 56.6 Å². The second-order valence-corrected chi connectivity index (χ2v) is 11.4. The van der Waals surface area contributed by atoms with Gasteiger partial charge in [-0.05, 0) is 60.8 Å². The molecule has 0 spiro atoms. The van der Waals surface area contributed by atoms with Crippen molar-refractivity contribution in [3.63, 3.8) is 0 Å². The molecule has 1 aliphatic heterocycles. The quantitative estimate of drug-likeness (QED) is 0.328. The Morgan fingerprint density at radius 3 is 2.65 bits per heavy atom. The number of para-hydroxylation sites is 1. The Morgan fingerprint density at radius 2 is 1.88 bits per heavy atom. The van der Waals surface area contributed by atoms with Crippen molar-refractivity contribution >= 4 is 47.1 Å². The average molecular weight is 495 g/mol. The number of rotatable bonds is 9. The van der Waals surface area contributed by atoms with E-state index in [9.17, 15) is 9.59 Å². The Balaban J connectivity index is 1.36. The lowest BCUT2D eigenvalue weighted by Gasteiger charge is -2.29. The molecule has 0 bridgehead atoms. The van der Waals surface area contributed by atoms with Crippen LogP contribution in [0.2, 0.25) is 0 Å². The molecule has 0 radical (unpaired) electrons. The number of carbonyl (C=O) groups is 2. The van der Waals surface area contributed by atoms with Crippen molar-refractivity contribution < 1.29 is 9.59 Å². The van der Waals surface area contributed by atoms with Gasteiger partial charge in [0.25, 0.3) is 5.91 Å². The number of thioether (sulfide) groups is 2. The Bertz CT molecular complexity index is 1010. The largest absolute Gasteiger partial charge is 0.355 e. The molecule has 2 amide bonds. The summed E-state index contributed by atoms with van der Waals surface area (Å²) < 4.78 is 0. The van der Waals surface area contributed by atoms with E-state index in [0.29, 0.717) is 11.4 Å². The average Bonchev–Trinajstić information content (AvgIpc) is 2.87. The monoisotopic (exact) mass is 494 g/mol. The molecule has 1 heterocycles. The predicted octanol–water partition coefficient (Wildman–Crippen LogP) is 6.30. The minimum absolute atomic E-state index is 0.0400. The van der Waals surface area contributed by atoms with Crippen LogP contribution < -0.4 is 10.2 Å². The molecule has 0 unspecified atom stereocenters. The van der Waals surface area contributed by atoms with Gasteiger partial charge in [0.15, 0.2) is 0 Å². The van der Waals surface area contributed by atoms with E-state index >= 15 is 0 Å². The lowest BCUT2D eigenvalue weighted by molar-refractivity contribution is -0.122. The van der Waals surface area contributed by atoms with Crippen molar-refractivity contribution in [3.05, 3.63) is 64.6 Å². The van der Waals surface area contributed by atoms with Crippen LogP contribution in [0.25, 0.3) is 6.08 Å². The predicted molar refractivity (Wildman–Crippen MR) is 145 cm³/mol. The molecule has 2 aromatic carbocycles. The van der Waals surface area contributed by atoms with Gasteiger partial charge in [0.2, 0.25) is 5.91 Å². The maximum absolute atomic E-state index is 13.4. The zero-order valence-electron chi connectivity index (χ0n) is 19.9. The number of aryl methyl sites for hydroxylation is 1. The third-order valence-corrected chi connectivity index (χ3v) is 8.91. The van der Waals surface area contributed by atoms with Gasteiger partial charge in [-0.15, -0.1) is 0 Å². The molecule has 0 aromatic heterocycles. The topological polar surface area (TPSA) is 49.4 Å². The third-order valence-electron chi connectivity index (χ3n) is 6.37. The highest BCUT2D eigenvalue weighted by molar-refractivity contribution is 8.04. The molecule has 0 saturated heterocycles. The van der Waals surface area contributed by atoms with Crippen LogP contribution in [0.5, 0.6) is 0 Å². The number of carbonyl (C=O) groups excluding carboxylic acids is 2. The highest BCUT2D eigenvalue weighted by Crippen LogP contribution is 2.41. The first-order valence-electron chi connectivity index (χ1n) is 12.4. The van der Waals surface area contributed by atoms with Crippen molar-refractivity contribution in [1.82, 2.24) is 5.32 Å². The zero-order chi connectivity index (χ0) is 23.8. The van der Waals surface area contributed by atoms with E-state index in [1.807, 2.05) is 42.5 Å². The number of nitrogens with zero attached hydrogens (tertiary/aromatic N) is 1. The molecule has 180 valence electrons. The summed E-state index contributed by atoms with van der Waals surface area (Å²) in [6.07, 6.45) is 10.7. The van der Waals surface area contributed by atoms with Crippen LogP contribution in [0.15, 0.2) is 58.3 Å². The van der Waals surface area contributed by atoms with Crippen LogP contribution in [0.3, 0.4) is 0 Å². The fourth-order valence-corrected chi connectivity index (χ4v) is 6.77.